The lowest BCUT2D eigenvalue weighted by atomic mass is 10.1. The zero-order valence-corrected chi connectivity index (χ0v) is 13.2. The molecule has 22 heavy (non-hydrogen) atoms. The molecule has 3 N–H and O–H groups in total. The Hall–Kier alpha value is -2.11. The number of anilines is 1. The van der Waals surface area contributed by atoms with Crippen LogP contribution in [0.2, 0.25) is 5.02 Å². The first-order valence-electron chi connectivity index (χ1n) is 6.63. The number of hydrogen-bond acceptors (Lipinski definition) is 2. The normalized spacial score (nSPS) is 10.0. The molecular weight excluding hydrogens is 320 g/mol. The highest BCUT2D eigenvalue weighted by Gasteiger charge is 2.02. The van der Waals surface area contributed by atoms with E-state index in [1.54, 1.807) is 24.3 Å². The summed E-state index contributed by atoms with van der Waals surface area (Å²) in [6, 6.07) is 14.6. The lowest BCUT2D eigenvalue weighted by Gasteiger charge is -2.11. The SMILES string of the molecule is O=C(O)Cc1ccc(NC(=S)NCc2ccc(Cl)cc2)cc1. The minimum atomic E-state index is -0.846. The number of thiocarbonyl (C=S) groups is 1. The molecule has 6 heteroatoms. The van der Waals surface area contributed by atoms with Crippen LogP contribution >= 0.6 is 23.8 Å². The molecule has 0 spiro atoms. The van der Waals surface area contributed by atoms with Crippen LogP contribution in [0.5, 0.6) is 0 Å². The highest BCUT2D eigenvalue weighted by Crippen LogP contribution is 2.11. The Morgan fingerprint density at radius 3 is 2.23 bits per heavy atom. The van der Waals surface area contributed by atoms with Gasteiger partial charge in [-0.15, -0.1) is 0 Å². The standard InChI is InChI=1S/C16H15ClN2O2S/c17-13-5-1-12(2-6-13)10-18-16(22)19-14-7-3-11(4-8-14)9-15(20)21/h1-8H,9-10H2,(H,20,21)(H2,18,19,22). The summed E-state index contributed by atoms with van der Waals surface area (Å²) < 4.78 is 0. The largest absolute Gasteiger partial charge is 0.481 e. The fraction of sp³-hybridized carbons (Fsp3) is 0.125. The first-order chi connectivity index (χ1) is 10.5. The molecule has 0 amide bonds. The van der Waals surface area contributed by atoms with Gasteiger partial charge in [0.05, 0.1) is 6.42 Å². The van der Waals surface area contributed by atoms with E-state index in [1.165, 1.54) is 0 Å². The average molecular weight is 335 g/mol. The van der Waals surface area contributed by atoms with Gasteiger partial charge < -0.3 is 15.7 Å². The summed E-state index contributed by atoms with van der Waals surface area (Å²) in [4.78, 5) is 10.6. The molecule has 114 valence electrons. The molecule has 2 aromatic rings. The number of carbonyl (C=O) groups is 1. The van der Waals surface area contributed by atoms with Crippen molar-refractivity contribution in [1.82, 2.24) is 5.32 Å². The second-order valence-electron chi connectivity index (χ2n) is 4.70. The monoisotopic (exact) mass is 334 g/mol. The van der Waals surface area contributed by atoms with Crippen LogP contribution in [0.15, 0.2) is 48.5 Å². The van der Waals surface area contributed by atoms with Gasteiger partial charge in [-0.3, -0.25) is 4.79 Å². The Labute approximate surface area is 139 Å². The van der Waals surface area contributed by atoms with E-state index in [4.69, 9.17) is 28.9 Å². The van der Waals surface area contributed by atoms with Crippen molar-refractivity contribution >= 4 is 40.6 Å². The highest BCUT2D eigenvalue weighted by atomic mass is 35.5. The molecule has 0 fully saturated rings. The van der Waals surface area contributed by atoms with Crippen LogP contribution in [-0.2, 0) is 17.8 Å². The summed E-state index contributed by atoms with van der Waals surface area (Å²) in [6.07, 6.45) is 0.0134. The predicted molar refractivity (Wildman–Crippen MR) is 92.3 cm³/mol. The molecule has 0 unspecified atom stereocenters. The second kappa shape index (κ2) is 7.77. The number of halogens is 1. The van der Waals surface area contributed by atoms with Crippen LogP contribution in [0.3, 0.4) is 0 Å². The molecule has 0 saturated carbocycles. The van der Waals surface area contributed by atoms with Gasteiger partial charge in [0.2, 0.25) is 0 Å². The van der Waals surface area contributed by atoms with Crippen LogP contribution in [-0.4, -0.2) is 16.2 Å². The molecule has 0 bridgehead atoms. The Morgan fingerprint density at radius 2 is 1.64 bits per heavy atom. The Balaban J connectivity index is 1.83. The number of hydrogen-bond donors (Lipinski definition) is 3. The summed E-state index contributed by atoms with van der Waals surface area (Å²) in [5.41, 5.74) is 2.63. The lowest BCUT2D eigenvalue weighted by molar-refractivity contribution is -0.136. The molecule has 0 aliphatic heterocycles. The van der Waals surface area contributed by atoms with Gasteiger partial charge in [-0.2, -0.15) is 0 Å². The van der Waals surface area contributed by atoms with Crippen LogP contribution < -0.4 is 10.6 Å². The van der Waals surface area contributed by atoms with Crippen molar-refractivity contribution in [3.05, 3.63) is 64.7 Å². The minimum Gasteiger partial charge on any atom is -0.481 e. The van der Waals surface area contributed by atoms with E-state index < -0.39 is 5.97 Å². The van der Waals surface area contributed by atoms with Gasteiger partial charge in [-0.1, -0.05) is 35.9 Å². The van der Waals surface area contributed by atoms with Crippen molar-refractivity contribution in [3.8, 4) is 0 Å². The van der Waals surface area contributed by atoms with E-state index in [2.05, 4.69) is 10.6 Å². The van der Waals surface area contributed by atoms with Gasteiger partial charge >= 0.3 is 5.97 Å². The van der Waals surface area contributed by atoms with E-state index in [9.17, 15) is 4.79 Å². The topological polar surface area (TPSA) is 61.4 Å². The van der Waals surface area contributed by atoms with E-state index in [-0.39, 0.29) is 6.42 Å². The molecule has 0 atom stereocenters. The second-order valence-corrected chi connectivity index (χ2v) is 5.55. The van der Waals surface area contributed by atoms with E-state index in [0.29, 0.717) is 16.7 Å². The van der Waals surface area contributed by atoms with Crippen LogP contribution in [0.4, 0.5) is 5.69 Å². The van der Waals surface area contributed by atoms with Gasteiger partial charge in [0.25, 0.3) is 0 Å². The summed E-state index contributed by atoms with van der Waals surface area (Å²) in [6.45, 7) is 0.597. The van der Waals surface area contributed by atoms with Crippen molar-refractivity contribution in [3.63, 3.8) is 0 Å². The van der Waals surface area contributed by atoms with Crippen molar-refractivity contribution < 1.29 is 9.90 Å². The number of carboxylic acids is 1. The third-order valence-electron chi connectivity index (χ3n) is 2.93. The van der Waals surface area contributed by atoms with Gasteiger partial charge in [-0.25, -0.2) is 0 Å². The third kappa shape index (κ3) is 5.35. The van der Waals surface area contributed by atoms with Crippen LogP contribution in [0.1, 0.15) is 11.1 Å². The fourth-order valence-electron chi connectivity index (χ4n) is 1.84. The van der Waals surface area contributed by atoms with Gasteiger partial charge in [0, 0.05) is 17.3 Å². The number of rotatable bonds is 5. The maximum absolute atomic E-state index is 10.6. The molecule has 0 heterocycles. The molecule has 0 aromatic heterocycles. The predicted octanol–water partition coefficient (Wildman–Crippen LogP) is 3.45. The van der Waals surface area contributed by atoms with Crippen molar-refractivity contribution in [2.75, 3.05) is 5.32 Å². The number of benzene rings is 2. The Kier molecular flexibility index (Phi) is 5.75. The zero-order valence-electron chi connectivity index (χ0n) is 11.7. The van der Waals surface area contributed by atoms with E-state index >= 15 is 0 Å². The van der Waals surface area contributed by atoms with Crippen LogP contribution in [0, 0.1) is 0 Å². The molecule has 0 radical (unpaired) electrons. The Bertz CT molecular complexity index is 657. The van der Waals surface area contributed by atoms with Gasteiger partial charge in [0.15, 0.2) is 5.11 Å². The van der Waals surface area contributed by atoms with Gasteiger partial charge in [0.1, 0.15) is 0 Å². The lowest BCUT2D eigenvalue weighted by Crippen LogP contribution is -2.27. The van der Waals surface area contributed by atoms with E-state index in [0.717, 1.165) is 16.8 Å². The summed E-state index contributed by atoms with van der Waals surface area (Å²) in [7, 11) is 0. The smallest absolute Gasteiger partial charge is 0.307 e. The van der Waals surface area contributed by atoms with Crippen molar-refractivity contribution in [2.24, 2.45) is 0 Å². The van der Waals surface area contributed by atoms with Crippen LogP contribution in [0.25, 0.3) is 0 Å². The fourth-order valence-corrected chi connectivity index (χ4v) is 2.16. The number of nitrogens with one attached hydrogen (secondary N) is 2. The Morgan fingerprint density at radius 1 is 1.05 bits per heavy atom. The summed E-state index contributed by atoms with van der Waals surface area (Å²) >= 11 is 11.1. The molecular formula is C16H15ClN2O2S. The molecule has 0 aliphatic rings. The highest BCUT2D eigenvalue weighted by molar-refractivity contribution is 7.80. The maximum atomic E-state index is 10.6. The molecule has 2 rings (SSSR count). The number of carboxylic acid groups (broad SMARTS) is 1. The van der Waals surface area contributed by atoms with Gasteiger partial charge in [-0.05, 0) is 47.6 Å². The van der Waals surface area contributed by atoms with Crippen molar-refractivity contribution in [1.29, 1.82) is 0 Å². The maximum Gasteiger partial charge on any atom is 0.307 e. The molecule has 4 nitrogen and oxygen atoms in total. The van der Waals surface area contributed by atoms with E-state index in [1.807, 2.05) is 24.3 Å². The molecule has 0 saturated heterocycles. The first kappa shape index (κ1) is 16.3. The minimum absolute atomic E-state index is 0.0134. The summed E-state index contributed by atoms with van der Waals surface area (Å²) in [5, 5.41) is 16.1. The third-order valence-corrected chi connectivity index (χ3v) is 3.43. The van der Waals surface area contributed by atoms with Crippen molar-refractivity contribution in [2.45, 2.75) is 13.0 Å². The summed E-state index contributed by atoms with van der Waals surface area (Å²) in [5.74, 6) is -0.846. The quantitative estimate of drug-likeness (QED) is 0.731. The zero-order chi connectivity index (χ0) is 15.9. The molecule has 2 aromatic carbocycles. The number of aliphatic carboxylic acids is 1. The molecule has 0 aliphatic carbocycles. The first-order valence-corrected chi connectivity index (χ1v) is 7.41. The average Bonchev–Trinajstić information content (AvgIpc) is 2.48.